The van der Waals surface area contributed by atoms with Gasteiger partial charge in [-0.15, -0.1) is 11.8 Å². The summed E-state index contributed by atoms with van der Waals surface area (Å²) in [6.45, 7) is 1.69. The number of rotatable bonds is 7. The van der Waals surface area contributed by atoms with Crippen LogP contribution in [0.25, 0.3) is 6.08 Å². The lowest BCUT2D eigenvalue weighted by molar-refractivity contribution is -0.157. The van der Waals surface area contributed by atoms with Crippen LogP contribution in [0.4, 0.5) is 0 Å². The first-order chi connectivity index (χ1) is 14.5. The molecule has 0 radical (unpaired) electrons. The fraction of sp³-hybridized carbons (Fsp3) is 0.429. The van der Waals surface area contributed by atoms with E-state index in [0.717, 1.165) is 16.2 Å². The number of ether oxygens (including phenoxy) is 1. The van der Waals surface area contributed by atoms with Crippen molar-refractivity contribution in [1.82, 2.24) is 4.90 Å². The van der Waals surface area contributed by atoms with Gasteiger partial charge in [-0.2, -0.15) is 0 Å². The predicted octanol–water partition coefficient (Wildman–Crippen LogP) is 2.58. The van der Waals surface area contributed by atoms with E-state index in [1.807, 2.05) is 36.4 Å². The number of β-lactam (4-membered cyclic amide) rings is 1. The molecule has 0 aromatic heterocycles. The third-order valence-electron chi connectivity index (χ3n) is 5.19. The maximum Gasteiger partial charge on any atom is 0.357 e. The van der Waals surface area contributed by atoms with E-state index >= 15 is 0 Å². The largest absolute Gasteiger partial charge is 0.457 e. The van der Waals surface area contributed by atoms with Crippen molar-refractivity contribution in [3.8, 4) is 0 Å². The van der Waals surface area contributed by atoms with Gasteiger partial charge in [0, 0.05) is 27.6 Å². The van der Waals surface area contributed by atoms with Crippen molar-refractivity contribution in [2.45, 2.75) is 30.1 Å². The lowest BCUT2D eigenvalue weighted by Gasteiger charge is -2.43. The summed E-state index contributed by atoms with van der Waals surface area (Å²) in [4.78, 5) is 26.9. The number of fused-ring (bicyclic) bond motifs is 1. The highest BCUT2D eigenvalue weighted by Crippen LogP contribution is 2.55. The van der Waals surface area contributed by atoms with Crippen LogP contribution in [0.5, 0.6) is 0 Å². The summed E-state index contributed by atoms with van der Waals surface area (Å²) >= 11 is 2.94. The van der Waals surface area contributed by atoms with Crippen LogP contribution in [-0.4, -0.2) is 60.9 Å². The number of nitrogens with zero attached hydrogens (tertiary/aromatic N) is 1. The van der Waals surface area contributed by atoms with Gasteiger partial charge in [-0.1, -0.05) is 48.2 Å². The van der Waals surface area contributed by atoms with Crippen molar-refractivity contribution >= 4 is 52.3 Å². The van der Waals surface area contributed by atoms with Gasteiger partial charge < -0.3 is 9.84 Å². The fourth-order valence-corrected chi connectivity index (χ4v) is 8.89. The molecule has 3 aliphatic rings. The Bertz CT molecular complexity index is 914. The lowest BCUT2D eigenvalue weighted by Crippen LogP contribution is -2.60. The van der Waals surface area contributed by atoms with Gasteiger partial charge in [0.2, 0.25) is 5.91 Å². The number of carbonyl (C=O) groups is 2. The van der Waals surface area contributed by atoms with Crippen molar-refractivity contribution < 1.29 is 23.6 Å². The van der Waals surface area contributed by atoms with Crippen LogP contribution in [-0.2, 0) is 25.1 Å². The van der Waals surface area contributed by atoms with E-state index in [2.05, 4.69) is 0 Å². The SMILES string of the molecule is C[C@@H](O)[C@H]1C(=O)N2C(C(=O)OCC=Cc3ccccc3)=C(S[C@H]3CC[S@@](=O)C3)S[C@H]12. The number of aliphatic hydroxyl groups excluding tert-OH is 1. The fourth-order valence-electron chi connectivity index (χ4n) is 3.65. The zero-order valence-electron chi connectivity index (χ0n) is 16.4. The molecule has 2 saturated heterocycles. The van der Waals surface area contributed by atoms with Crippen molar-refractivity contribution in [2.75, 3.05) is 18.1 Å². The number of hydrogen-bond acceptors (Lipinski definition) is 7. The van der Waals surface area contributed by atoms with E-state index in [1.165, 1.54) is 28.4 Å². The Morgan fingerprint density at radius 1 is 1.43 bits per heavy atom. The first-order valence-corrected chi connectivity index (χ1v) is 13.0. The molecule has 3 aliphatic heterocycles. The summed E-state index contributed by atoms with van der Waals surface area (Å²) in [5.41, 5.74) is 1.27. The monoisotopic (exact) mass is 465 g/mol. The first-order valence-electron chi connectivity index (χ1n) is 9.78. The molecule has 0 aliphatic carbocycles. The van der Waals surface area contributed by atoms with Crippen LogP contribution in [0.1, 0.15) is 18.9 Å². The molecular weight excluding hydrogens is 442 g/mol. The van der Waals surface area contributed by atoms with Gasteiger partial charge in [-0.25, -0.2) is 4.79 Å². The Morgan fingerprint density at radius 3 is 2.87 bits per heavy atom. The Hall–Kier alpha value is -1.55. The molecule has 6 nitrogen and oxygen atoms in total. The summed E-state index contributed by atoms with van der Waals surface area (Å²) in [5, 5.41) is 9.83. The van der Waals surface area contributed by atoms with Crippen LogP contribution in [0.2, 0.25) is 0 Å². The highest BCUT2D eigenvalue weighted by atomic mass is 32.2. The Labute approximate surface area is 186 Å². The number of benzene rings is 1. The van der Waals surface area contributed by atoms with E-state index in [9.17, 15) is 18.9 Å². The molecule has 5 atom stereocenters. The van der Waals surface area contributed by atoms with Crippen molar-refractivity contribution in [3.63, 3.8) is 0 Å². The molecule has 0 bridgehead atoms. The maximum atomic E-state index is 12.9. The molecule has 4 rings (SSSR count). The summed E-state index contributed by atoms with van der Waals surface area (Å²) in [5.74, 6) is -0.0506. The summed E-state index contributed by atoms with van der Waals surface area (Å²) in [6, 6.07) is 9.70. The van der Waals surface area contributed by atoms with Crippen LogP contribution in [0, 0.1) is 5.92 Å². The number of aliphatic hydroxyl groups is 1. The number of amides is 1. The second-order valence-electron chi connectivity index (χ2n) is 7.37. The van der Waals surface area contributed by atoms with Crippen LogP contribution >= 0.6 is 23.5 Å². The highest BCUT2D eigenvalue weighted by molar-refractivity contribution is 8.23. The van der Waals surface area contributed by atoms with Gasteiger partial charge >= 0.3 is 5.97 Å². The third kappa shape index (κ3) is 4.39. The number of hydrogen-bond donors (Lipinski definition) is 1. The van der Waals surface area contributed by atoms with Gasteiger partial charge in [0.1, 0.15) is 12.0 Å². The molecule has 3 heterocycles. The molecule has 0 spiro atoms. The molecule has 1 N–H and O–H groups in total. The summed E-state index contributed by atoms with van der Waals surface area (Å²) in [7, 11) is -0.821. The second kappa shape index (κ2) is 9.30. The minimum Gasteiger partial charge on any atom is -0.457 e. The minimum absolute atomic E-state index is 0.0970. The smallest absolute Gasteiger partial charge is 0.357 e. The second-order valence-corrected chi connectivity index (χ2v) is 11.7. The Kier molecular flexibility index (Phi) is 6.72. The Balaban J connectivity index is 1.46. The standard InChI is InChI=1S/C21H23NO5S3/c1-13(23)16-18(24)22-17(20(25)27-10-5-8-14-6-3-2-4-7-14)21(29-19(16)22)28-15-9-11-30(26)12-15/h2-8,13,15-16,19,23H,9-12H2,1H3/t13-,15+,16+,19-,30-/m1/s1. The van der Waals surface area contributed by atoms with Gasteiger partial charge in [0.05, 0.1) is 16.3 Å². The normalized spacial score (nSPS) is 29.3. The van der Waals surface area contributed by atoms with Crippen LogP contribution in [0.3, 0.4) is 0 Å². The molecule has 0 unspecified atom stereocenters. The average molecular weight is 466 g/mol. The number of carbonyl (C=O) groups excluding carboxylic acids is 2. The summed E-state index contributed by atoms with van der Waals surface area (Å²) < 4.78 is 17.9. The van der Waals surface area contributed by atoms with Crippen molar-refractivity contribution in [2.24, 2.45) is 5.92 Å². The third-order valence-corrected chi connectivity index (χ3v) is 9.74. The van der Waals surface area contributed by atoms with Gasteiger partial charge in [-0.05, 0) is 25.0 Å². The quantitative estimate of drug-likeness (QED) is 0.489. The first kappa shape index (κ1) is 21.7. The molecule has 1 aromatic carbocycles. The van der Waals surface area contributed by atoms with Gasteiger partial charge in [0.15, 0.2) is 5.70 Å². The van der Waals surface area contributed by atoms with Crippen LogP contribution in [0.15, 0.2) is 46.3 Å². The highest BCUT2D eigenvalue weighted by Gasteiger charge is 2.58. The topological polar surface area (TPSA) is 83.9 Å². The van der Waals surface area contributed by atoms with E-state index in [0.29, 0.717) is 11.5 Å². The zero-order valence-corrected chi connectivity index (χ0v) is 18.9. The molecule has 0 saturated carbocycles. The van der Waals surface area contributed by atoms with E-state index in [-0.39, 0.29) is 28.8 Å². The maximum absolute atomic E-state index is 12.9. The molecule has 1 amide bonds. The van der Waals surface area contributed by atoms with E-state index in [1.54, 1.807) is 13.0 Å². The molecule has 160 valence electrons. The molecule has 2 fully saturated rings. The number of esters is 1. The summed E-state index contributed by atoms with van der Waals surface area (Å²) in [6.07, 6.45) is 3.68. The van der Waals surface area contributed by atoms with Crippen LogP contribution < -0.4 is 0 Å². The van der Waals surface area contributed by atoms with E-state index in [4.69, 9.17) is 4.74 Å². The molecule has 9 heteroatoms. The van der Waals surface area contributed by atoms with Gasteiger partial charge in [-0.3, -0.25) is 13.9 Å². The van der Waals surface area contributed by atoms with Crippen molar-refractivity contribution in [1.29, 1.82) is 0 Å². The van der Waals surface area contributed by atoms with E-state index < -0.39 is 28.8 Å². The number of thioether (sulfide) groups is 2. The average Bonchev–Trinajstić information content (AvgIpc) is 3.26. The Morgan fingerprint density at radius 2 is 2.20 bits per heavy atom. The van der Waals surface area contributed by atoms with Crippen molar-refractivity contribution in [3.05, 3.63) is 51.9 Å². The molecular formula is C21H23NO5S3. The molecule has 30 heavy (non-hydrogen) atoms. The van der Waals surface area contributed by atoms with Gasteiger partial charge in [0.25, 0.3) is 0 Å². The predicted molar refractivity (Wildman–Crippen MR) is 121 cm³/mol. The zero-order chi connectivity index (χ0) is 21.3. The molecule has 1 aromatic rings. The minimum atomic E-state index is -0.821. The lowest BCUT2D eigenvalue weighted by atomic mass is 9.92.